The van der Waals surface area contributed by atoms with Crippen molar-refractivity contribution in [3.63, 3.8) is 0 Å². The third-order valence-corrected chi connectivity index (χ3v) is 5.11. The predicted octanol–water partition coefficient (Wildman–Crippen LogP) is 4.61. The smallest absolute Gasteiger partial charge is 0.234 e. The van der Waals surface area contributed by atoms with Gasteiger partial charge >= 0.3 is 0 Å². The molecule has 29 heavy (non-hydrogen) atoms. The third-order valence-electron chi connectivity index (χ3n) is 4.04. The third kappa shape index (κ3) is 5.56. The minimum atomic E-state index is -0.235. The first-order chi connectivity index (χ1) is 14.0. The molecule has 0 fully saturated rings. The van der Waals surface area contributed by atoms with Crippen molar-refractivity contribution in [2.45, 2.75) is 11.8 Å². The van der Waals surface area contributed by atoms with Crippen molar-refractivity contribution in [3.05, 3.63) is 90.0 Å². The zero-order valence-corrected chi connectivity index (χ0v) is 16.7. The second kappa shape index (κ2) is 9.71. The van der Waals surface area contributed by atoms with Gasteiger partial charge in [0.2, 0.25) is 11.8 Å². The van der Waals surface area contributed by atoms with Crippen LogP contribution in [0.1, 0.15) is 22.8 Å². The second-order valence-corrected chi connectivity index (χ2v) is 7.27. The van der Waals surface area contributed by atoms with Gasteiger partial charge in [-0.25, -0.2) is 0 Å². The van der Waals surface area contributed by atoms with E-state index in [-0.39, 0.29) is 23.4 Å². The van der Waals surface area contributed by atoms with Crippen molar-refractivity contribution in [3.8, 4) is 0 Å². The summed E-state index contributed by atoms with van der Waals surface area (Å²) in [6, 6.07) is 23.2. The van der Waals surface area contributed by atoms with Crippen molar-refractivity contribution >= 4 is 40.7 Å². The van der Waals surface area contributed by atoms with Crippen LogP contribution in [0.25, 0.3) is 0 Å². The van der Waals surface area contributed by atoms with E-state index in [1.165, 1.54) is 18.7 Å². The number of amides is 2. The molecule has 0 radical (unpaired) electrons. The summed E-state index contributed by atoms with van der Waals surface area (Å²) >= 11 is 1.32. The number of carbonyl (C=O) groups is 3. The first-order valence-corrected chi connectivity index (χ1v) is 10.0. The lowest BCUT2D eigenvalue weighted by atomic mass is 10.0. The summed E-state index contributed by atoms with van der Waals surface area (Å²) in [6.45, 7) is 1.44. The van der Waals surface area contributed by atoms with Gasteiger partial charge < -0.3 is 10.6 Å². The molecule has 3 rings (SSSR count). The molecule has 0 saturated heterocycles. The molecule has 0 heterocycles. The van der Waals surface area contributed by atoms with E-state index in [0.29, 0.717) is 22.5 Å². The Morgan fingerprint density at radius 3 is 2.10 bits per heavy atom. The molecule has 0 spiro atoms. The van der Waals surface area contributed by atoms with Crippen LogP contribution >= 0.6 is 11.8 Å². The Bertz CT molecular complexity index is 1040. The molecule has 2 amide bonds. The lowest BCUT2D eigenvalue weighted by Crippen LogP contribution is -2.17. The average molecular weight is 404 g/mol. The summed E-state index contributed by atoms with van der Waals surface area (Å²) in [5.41, 5.74) is 2.14. The molecule has 6 heteroatoms. The van der Waals surface area contributed by atoms with Crippen LogP contribution in [0.3, 0.4) is 0 Å². The van der Waals surface area contributed by atoms with Crippen LogP contribution in [0.4, 0.5) is 11.4 Å². The van der Waals surface area contributed by atoms with Crippen molar-refractivity contribution in [2.24, 2.45) is 0 Å². The highest BCUT2D eigenvalue weighted by Crippen LogP contribution is 2.27. The maximum absolute atomic E-state index is 12.8. The summed E-state index contributed by atoms with van der Waals surface area (Å²) in [5, 5.41) is 5.58. The number of anilines is 2. The number of thioether (sulfide) groups is 1. The topological polar surface area (TPSA) is 75.3 Å². The number of hydrogen-bond acceptors (Lipinski definition) is 4. The molecule has 5 nitrogen and oxygen atoms in total. The van der Waals surface area contributed by atoms with E-state index in [9.17, 15) is 14.4 Å². The van der Waals surface area contributed by atoms with Gasteiger partial charge in [0, 0.05) is 22.9 Å². The van der Waals surface area contributed by atoms with Crippen LogP contribution in [0.2, 0.25) is 0 Å². The standard InChI is InChI=1S/C23H20N2O3S/c1-16(26)24-20-13-7-8-14-21(20)29-15-22(27)25-19-12-6-5-11-18(19)23(28)17-9-3-2-4-10-17/h2-14H,15H2,1H3,(H,24,26)(H,25,27). The van der Waals surface area contributed by atoms with E-state index in [2.05, 4.69) is 10.6 Å². The fraction of sp³-hybridized carbons (Fsp3) is 0.0870. The number of ketones is 1. The molecular weight excluding hydrogens is 384 g/mol. The molecular formula is C23H20N2O3S. The van der Waals surface area contributed by atoms with Crippen LogP contribution in [0, 0.1) is 0 Å². The first-order valence-electron chi connectivity index (χ1n) is 9.02. The largest absolute Gasteiger partial charge is 0.325 e. The highest BCUT2D eigenvalue weighted by Gasteiger charge is 2.15. The van der Waals surface area contributed by atoms with Crippen molar-refractivity contribution in [1.82, 2.24) is 0 Å². The fourth-order valence-electron chi connectivity index (χ4n) is 2.75. The normalized spacial score (nSPS) is 10.2. The van der Waals surface area contributed by atoms with Crippen LogP contribution < -0.4 is 10.6 Å². The predicted molar refractivity (Wildman–Crippen MR) is 116 cm³/mol. The van der Waals surface area contributed by atoms with Crippen molar-refractivity contribution in [2.75, 3.05) is 16.4 Å². The number of hydrogen-bond donors (Lipinski definition) is 2. The number of rotatable bonds is 7. The molecule has 146 valence electrons. The molecule has 0 aliphatic heterocycles. The monoisotopic (exact) mass is 404 g/mol. The minimum Gasteiger partial charge on any atom is -0.325 e. The van der Waals surface area contributed by atoms with Gasteiger partial charge in [0.1, 0.15) is 0 Å². The van der Waals surface area contributed by atoms with Crippen LogP contribution in [-0.2, 0) is 9.59 Å². The lowest BCUT2D eigenvalue weighted by molar-refractivity contribution is -0.114. The maximum Gasteiger partial charge on any atom is 0.234 e. The summed E-state index contributed by atoms with van der Waals surface area (Å²) in [7, 11) is 0. The van der Waals surface area contributed by atoms with Crippen LogP contribution in [0.5, 0.6) is 0 Å². The summed E-state index contributed by atoms with van der Waals surface area (Å²) < 4.78 is 0. The van der Waals surface area contributed by atoms with Crippen molar-refractivity contribution in [1.29, 1.82) is 0 Å². The Balaban J connectivity index is 1.70. The van der Waals surface area contributed by atoms with E-state index in [4.69, 9.17) is 0 Å². The fourth-order valence-corrected chi connectivity index (χ4v) is 3.56. The molecule has 3 aromatic rings. The highest BCUT2D eigenvalue weighted by atomic mass is 32.2. The Hall–Kier alpha value is -3.38. The zero-order valence-electron chi connectivity index (χ0n) is 15.8. The highest BCUT2D eigenvalue weighted by molar-refractivity contribution is 8.00. The number of carbonyl (C=O) groups excluding carboxylic acids is 3. The Morgan fingerprint density at radius 2 is 1.38 bits per heavy atom. The van der Waals surface area contributed by atoms with Gasteiger partial charge in [0.15, 0.2) is 5.78 Å². The lowest BCUT2D eigenvalue weighted by Gasteiger charge is -2.12. The Kier molecular flexibility index (Phi) is 6.81. The van der Waals surface area contributed by atoms with Crippen LogP contribution in [0.15, 0.2) is 83.8 Å². The molecule has 0 unspecified atom stereocenters. The molecule has 2 N–H and O–H groups in total. The second-order valence-electron chi connectivity index (χ2n) is 6.25. The average Bonchev–Trinajstić information content (AvgIpc) is 2.73. The van der Waals surface area contributed by atoms with Crippen LogP contribution in [-0.4, -0.2) is 23.4 Å². The zero-order chi connectivity index (χ0) is 20.6. The molecule has 0 saturated carbocycles. The van der Waals surface area contributed by atoms with E-state index in [1.807, 2.05) is 24.3 Å². The summed E-state index contributed by atoms with van der Waals surface area (Å²) in [6.07, 6.45) is 0. The molecule has 3 aromatic carbocycles. The molecule has 0 aliphatic rings. The van der Waals surface area contributed by atoms with Gasteiger partial charge in [-0.3, -0.25) is 14.4 Å². The van der Waals surface area contributed by atoms with Gasteiger partial charge in [-0.1, -0.05) is 54.6 Å². The SMILES string of the molecule is CC(=O)Nc1ccccc1SCC(=O)Nc1ccccc1C(=O)c1ccccc1. The van der Waals surface area contributed by atoms with Gasteiger partial charge in [-0.2, -0.15) is 0 Å². The number of nitrogens with one attached hydrogen (secondary N) is 2. The quantitative estimate of drug-likeness (QED) is 0.446. The molecule has 0 aromatic heterocycles. The summed E-state index contributed by atoms with van der Waals surface area (Å²) in [4.78, 5) is 37.4. The van der Waals surface area contributed by atoms with E-state index < -0.39 is 0 Å². The van der Waals surface area contributed by atoms with E-state index >= 15 is 0 Å². The number of para-hydroxylation sites is 2. The van der Waals surface area contributed by atoms with Gasteiger partial charge in [0.25, 0.3) is 0 Å². The number of benzene rings is 3. The summed E-state index contributed by atoms with van der Waals surface area (Å²) in [5.74, 6) is -0.410. The molecule has 0 aliphatic carbocycles. The van der Waals surface area contributed by atoms with E-state index in [0.717, 1.165) is 4.90 Å². The van der Waals surface area contributed by atoms with Crippen molar-refractivity contribution < 1.29 is 14.4 Å². The van der Waals surface area contributed by atoms with Gasteiger partial charge in [-0.15, -0.1) is 11.8 Å². The molecule has 0 atom stereocenters. The Morgan fingerprint density at radius 1 is 0.759 bits per heavy atom. The van der Waals surface area contributed by atoms with Gasteiger partial charge in [0.05, 0.1) is 17.1 Å². The minimum absolute atomic E-state index is 0.143. The van der Waals surface area contributed by atoms with Gasteiger partial charge in [-0.05, 0) is 24.3 Å². The van der Waals surface area contributed by atoms with E-state index in [1.54, 1.807) is 54.6 Å². The molecule has 0 bridgehead atoms. The maximum atomic E-state index is 12.8. The first kappa shape index (κ1) is 20.4. The Labute approximate surface area is 173 Å².